The number of aryl methyl sites for hydroxylation is 1. The summed E-state index contributed by atoms with van der Waals surface area (Å²) in [4.78, 5) is 0. The lowest BCUT2D eigenvalue weighted by Crippen LogP contribution is -2.22. The lowest BCUT2D eigenvalue weighted by molar-refractivity contribution is 0.175. The van der Waals surface area contributed by atoms with Gasteiger partial charge in [-0.25, -0.2) is 0 Å². The van der Waals surface area contributed by atoms with Crippen LogP contribution in [-0.4, -0.2) is 18.2 Å². The van der Waals surface area contributed by atoms with E-state index in [9.17, 15) is 5.11 Å². The van der Waals surface area contributed by atoms with Crippen LogP contribution in [0.1, 0.15) is 23.7 Å². The quantitative estimate of drug-likeness (QED) is 0.746. The van der Waals surface area contributed by atoms with Gasteiger partial charge in [-0.2, -0.15) is 0 Å². The molecule has 0 saturated heterocycles. The van der Waals surface area contributed by atoms with E-state index in [-0.39, 0.29) is 0 Å². The molecule has 0 heterocycles. The molecular formula is C17H21NO. The van der Waals surface area contributed by atoms with Crippen molar-refractivity contribution in [2.24, 2.45) is 0 Å². The molecule has 0 radical (unpaired) electrons. The zero-order valence-electron chi connectivity index (χ0n) is 11.1. The molecule has 0 spiro atoms. The Labute approximate surface area is 115 Å². The molecule has 2 rings (SSSR count). The SMILES string of the molecule is O[C@@H](CNCCCc1ccccc1)c1ccccc1. The Kier molecular flexibility index (Phi) is 5.60. The summed E-state index contributed by atoms with van der Waals surface area (Å²) < 4.78 is 0. The zero-order chi connectivity index (χ0) is 13.3. The third kappa shape index (κ3) is 4.86. The monoisotopic (exact) mass is 255 g/mol. The Balaban J connectivity index is 1.62. The number of hydrogen-bond acceptors (Lipinski definition) is 2. The number of nitrogens with one attached hydrogen (secondary N) is 1. The summed E-state index contributed by atoms with van der Waals surface area (Å²) in [5.74, 6) is 0. The maximum atomic E-state index is 9.97. The van der Waals surface area contributed by atoms with Crippen molar-refractivity contribution in [2.75, 3.05) is 13.1 Å². The van der Waals surface area contributed by atoms with Crippen LogP contribution in [0.3, 0.4) is 0 Å². The highest BCUT2D eigenvalue weighted by Gasteiger charge is 2.05. The van der Waals surface area contributed by atoms with E-state index < -0.39 is 6.10 Å². The molecule has 19 heavy (non-hydrogen) atoms. The average Bonchev–Trinajstić information content (AvgIpc) is 2.49. The molecule has 0 fully saturated rings. The topological polar surface area (TPSA) is 32.3 Å². The Bertz CT molecular complexity index is 455. The molecule has 0 bridgehead atoms. The van der Waals surface area contributed by atoms with Crippen molar-refractivity contribution in [3.8, 4) is 0 Å². The van der Waals surface area contributed by atoms with Gasteiger partial charge in [-0.1, -0.05) is 60.7 Å². The van der Waals surface area contributed by atoms with Crippen LogP contribution in [0, 0.1) is 0 Å². The lowest BCUT2D eigenvalue weighted by Gasteiger charge is -2.12. The molecule has 0 aliphatic carbocycles. The van der Waals surface area contributed by atoms with E-state index in [0.717, 1.165) is 24.9 Å². The van der Waals surface area contributed by atoms with Gasteiger partial charge in [0.15, 0.2) is 0 Å². The van der Waals surface area contributed by atoms with E-state index in [2.05, 4.69) is 29.6 Å². The van der Waals surface area contributed by atoms with Crippen LogP contribution in [0.25, 0.3) is 0 Å². The van der Waals surface area contributed by atoms with E-state index in [1.165, 1.54) is 5.56 Å². The van der Waals surface area contributed by atoms with Gasteiger partial charge in [-0.15, -0.1) is 0 Å². The van der Waals surface area contributed by atoms with Gasteiger partial charge in [0.25, 0.3) is 0 Å². The smallest absolute Gasteiger partial charge is 0.0914 e. The van der Waals surface area contributed by atoms with Gasteiger partial charge in [-0.05, 0) is 30.5 Å². The first kappa shape index (κ1) is 13.8. The minimum atomic E-state index is -0.419. The van der Waals surface area contributed by atoms with Crippen molar-refractivity contribution in [2.45, 2.75) is 18.9 Å². The van der Waals surface area contributed by atoms with Gasteiger partial charge in [0.1, 0.15) is 0 Å². The van der Waals surface area contributed by atoms with Crippen molar-refractivity contribution >= 4 is 0 Å². The largest absolute Gasteiger partial charge is 0.387 e. The Morgan fingerprint density at radius 2 is 1.53 bits per heavy atom. The third-order valence-electron chi connectivity index (χ3n) is 3.18. The standard InChI is InChI=1S/C17H21NO/c19-17(16-11-5-2-6-12-16)14-18-13-7-10-15-8-3-1-4-9-15/h1-6,8-9,11-12,17-19H,7,10,13-14H2/t17-/m0/s1. The molecule has 0 aliphatic heterocycles. The number of hydrogen-bond donors (Lipinski definition) is 2. The summed E-state index contributed by atoms with van der Waals surface area (Å²) in [6.07, 6.45) is 1.75. The molecule has 2 aromatic rings. The Morgan fingerprint density at radius 3 is 2.21 bits per heavy atom. The van der Waals surface area contributed by atoms with Crippen LogP contribution in [0.4, 0.5) is 0 Å². The first-order valence-corrected chi connectivity index (χ1v) is 6.84. The predicted octanol–water partition coefficient (Wildman–Crippen LogP) is 2.94. The third-order valence-corrected chi connectivity index (χ3v) is 3.18. The molecule has 2 N–H and O–H groups in total. The van der Waals surface area contributed by atoms with Crippen molar-refractivity contribution in [1.29, 1.82) is 0 Å². The number of benzene rings is 2. The maximum absolute atomic E-state index is 9.97. The molecule has 0 aliphatic rings. The van der Waals surface area contributed by atoms with E-state index >= 15 is 0 Å². The van der Waals surface area contributed by atoms with Crippen LogP contribution < -0.4 is 5.32 Å². The van der Waals surface area contributed by atoms with Crippen molar-refractivity contribution in [1.82, 2.24) is 5.32 Å². The second kappa shape index (κ2) is 7.72. The summed E-state index contributed by atoms with van der Waals surface area (Å²) in [7, 11) is 0. The second-order valence-electron chi connectivity index (χ2n) is 4.72. The second-order valence-corrected chi connectivity index (χ2v) is 4.72. The molecule has 0 amide bonds. The summed E-state index contributed by atoms with van der Waals surface area (Å²) >= 11 is 0. The highest BCUT2D eigenvalue weighted by atomic mass is 16.3. The van der Waals surface area contributed by atoms with Gasteiger partial charge < -0.3 is 10.4 Å². The van der Waals surface area contributed by atoms with Crippen LogP contribution in [0.5, 0.6) is 0 Å². The fourth-order valence-corrected chi connectivity index (χ4v) is 2.09. The molecular weight excluding hydrogens is 234 g/mol. The summed E-state index contributed by atoms with van der Waals surface area (Å²) in [6.45, 7) is 1.54. The molecule has 1 atom stereocenters. The molecule has 2 heteroatoms. The Hall–Kier alpha value is -1.64. The van der Waals surface area contributed by atoms with Gasteiger partial charge >= 0.3 is 0 Å². The Morgan fingerprint density at radius 1 is 0.895 bits per heavy atom. The maximum Gasteiger partial charge on any atom is 0.0914 e. The predicted molar refractivity (Wildman–Crippen MR) is 79.0 cm³/mol. The van der Waals surface area contributed by atoms with Crippen LogP contribution in [-0.2, 0) is 6.42 Å². The van der Waals surface area contributed by atoms with Crippen molar-refractivity contribution < 1.29 is 5.11 Å². The highest BCUT2D eigenvalue weighted by Crippen LogP contribution is 2.10. The molecule has 0 aromatic heterocycles. The number of aliphatic hydroxyl groups is 1. The fraction of sp³-hybridized carbons (Fsp3) is 0.294. The number of aliphatic hydroxyl groups excluding tert-OH is 1. The summed E-state index contributed by atoms with van der Waals surface area (Å²) in [5, 5.41) is 13.3. The summed E-state index contributed by atoms with van der Waals surface area (Å²) in [6, 6.07) is 20.3. The van der Waals surface area contributed by atoms with Crippen molar-refractivity contribution in [3.63, 3.8) is 0 Å². The van der Waals surface area contributed by atoms with Gasteiger partial charge in [0.05, 0.1) is 6.10 Å². The fourth-order valence-electron chi connectivity index (χ4n) is 2.09. The highest BCUT2D eigenvalue weighted by molar-refractivity contribution is 5.17. The molecule has 100 valence electrons. The van der Waals surface area contributed by atoms with E-state index in [1.54, 1.807) is 0 Å². The first-order chi connectivity index (χ1) is 9.36. The first-order valence-electron chi connectivity index (χ1n) is 6.84. The zero-order valence-corrected chi connectivity index (χ0v) is 11.1. The minimum absolute atomic E-state index is 0.419. The van der Waals surface area contributed by atoms with Gasteiger partial charge in [0.2, 0.25) is 0 Å². The molecule has 2 nitrogen and oxygen atoms in total. The minimum Gasteiger partial charge on any atom is -0.387 e. The van der Waals surface area contributed by atoms with Crippen LogP contribution in [0.2, 0.25) is 0 Å². The van der Waals surface area contributed by atoms with E-state index in [1.807, 2.05) is 36.4 Å². The van der Waals surface area contributed by atoms with Crippen LogP contribution in [0.15, 0.2) is 60.7 Å². The molecule has 0 unspecified atom stereocenters. The molecule has 0 saturated carbocycles. The number of rotatable bonds is 7. The molecule has 2 aromatic carbocycles. The summed E-state index contributed by atoms with van der Waals surface area (Å²) in [5.41, 5.74) is 2.34. The average molecular weight is 255 g/mol. The van der Waals surface area contributed by atoms with Gasteiger partial charge in [0, 0.05) is 6.54 Å². The van der Waals surface area contributed by atoms with Crippen LogP contribution >= 0.6 is 0 Å². The van der Waals surface area contributed by atoms with E-state index in [4.69, 9.17) is 0 Å². The normalized spacial score (nSPS) is 12.3. The van der Waals surface area contributed by atoms with E-state index in [0.29, 0.717) is 6.54 Å². The van der Waals surface area contributed by atoms with Crippen molar-refractivity contribution in [3.05, 3.63) is 71.8 Å². The lowest BCUT2D eigenvalue weighted by atomic mass is 10.1. The van der Waals surface area contributed by atoms with Gasteiger partial charge in [-0.3, -0.25) is 0 Å².